The molecule has 2 heterocycles. The number of aromatic nitrogens is 2. The summed E-state index contributed by atoms with van der Waals surface area (Å²) in [5, 5.41) is 13.7. The molecule has 2 aromatic carbocycles. The zero-order chi connectivity index (χ0) is 22.0. The quantitative estimate of drug-likeness (QED) is 0.370. The van der Waals surface area contributed by atoms with Crippen LogP contribution in [-0.2, 0) is 9.59 Å². The first-order valence-electron chi connectivity index (χ1n) is 9.30. The summed E-state index contributed by atoms with van der Waals surface area (Å²) in [5.41, 5.74) is 3.30. The molecular weight excluding hydrogens is 498 g/mol. The molecule has 1 saturated heterocycles. The van der Waals surface area contributed by atoms with Crippen molar-refractivity contribution in [2.24, 2.45) is 0 Å². The number of amides is 1. The molecule has 3 aromatic rings. The fraction of sp³-hybridized carbons (Fsp3) is 0.0909. The SMILES string of the molecule is O=C(O)CCN1C(=O)C(=Cc2cn(-c3ccccc3)nc2-c2ccc(Br)cc2)SC1=S. The van der Waals surface area contributed by atoms with Gasteiger partial charge in [0.05, 0.1) is 22.7 Å². The van der Waals surface area contributed by atoms with Gasteiger partial charge in [-0.15, -0.1) is 0 Å². The van der Waals surface area contributed by atoms with Gasteiger partial charge in [0.1, 0.15) is 4.32 Å². The average molecular weight is 514 g/mol. The lowest BCUT2D eigenvalue weighted by Crippen LogP contribution is -2.30. The molecule has 1 aromatic heterocycles. The van der Waals surface area contributed by atoms with Crippen LogP contribution in [0.15, 0.2) is 70.2 Å². The number of hydrogen-bond donors (Lipinski definition) is 1. The lowest BCUT2D eigenvalue weighted by molar-refractivity contribution is -0.137. The molecule has 1 fully saturated rings. The zero-order valence-electron chi connectivity index (χ0n) is 16.1. The second-order valence-corrected chi connectivity index (χ2v) is 9.29. The van der Waals surface area contributed by atoms with Crippen LogP contribution in [-0.4, -0.2) is 42.5 Å². The van der Waals surface area contributed by atoms with Gasteiger partial charge in [-0.25, -0.2) is 4.68 Å². The Labute approximate surface area is 196 Å². The Bertz CT molecular complexity index is 1190. The molecule has 1 aliphatic heterocycles. The monoisotopic (exact) mass is 513 g/mol. The van der Waals surface area contributed by atoms with Crippen molar-refractivity contribution in [1.82, 2.24) is 14.7 Å². The standard InChI is InChI=1S/C22H16BrN3O3S2/c23-16-8-6-14(7-9-16)20-15(13-26(24-20)17-4-2-1-3-5-17)12-18-21(29)25(22(30)31-18)11-10-19(27)28/h1-9,12-13H,10-11H2,(H,27,28). The van der Waals surface area contributed by atoms with Crippen LogP contribution in [0.2, 0.25) is 0 Å². The smallest absolute Gasteiger partial charge is 0.305 e. The summed E-state index contributed by atoms with van der Waals surface area (Å²) in [5.74, 6) is -1.26. The van der Waals surface area contributed by atoms with Gasteiger partial charge in [-0.05, 0) is 30.3 Å². The number of carbonyl (C=O) groups is 2. The van der Waals surface area contributed by atoms with E-state index in [1.54, 1.807) is 10.8 Å². The number of halogens is 1. The molecule has 0 bridgehead atoms. The fourth-order valence-electron chi connectivity index (χ4n) is 3.08. The molecule has 1 N–H and O–H groups in total. The first kappa shape index (κ1) is 21.5. The number of thiocarbonyl (C=S) groups is 1. The molecule has 9 heteroatoms. The highest BCUT2D eigenvalue weighted by Crippen LogP contribution is 2.35. The molecule has 1 amide bonds. The Kier molecular flexibility index (Phi) is 6.35. The van der Waals surface area contributed by atoms with E-state index in [1.807, 2.05) is 60.8 Å². The van der Waals surface area contributed by atoms with Crippen LogP contribution < -0.4 is 0 Å². The first-order chi connectivity index (χ1) is 14.9. The number of carboxylic acid groups (broad SMARTS) is 1. The summed E-state index contributed by atoms with van der Waals surface area (Å²) in [4.78, 5) is 25.5. The van der Waals surface area contributed by atoms with Crippen LogP contribution in [0.25, 0.3) is 23.0 Å². The van der Waals surface area contributed by atoms with Crippen LogP contribution in [0.1, 0.15) is 12.0 Å². The van der Waals surface area contributed by atoms with E-state index in [1.165, 1.54) is 16.7 Å². The first-order valence-corrected chi connectivity index (χ1v) is 11.3. The molecular formula is C22H16BrN3O3S2. The van der Waals surface area contributed by atoms with Crippen molar-refractivity contribution in [3.8, 4) is 16.9 Å². The number of carboxylic acids is 1. The summed E-state index contributed by atoms with van der Waals surface area (Å²) >= 11 is 9.91. The summed E-state index contributed by atoms with van der Waals surface area (Å²) < 4.78 is 3.09. The van der Waals surface area contributed by atoms with E-state index in [9.17, 15) is 9.59 Å². The number of hydrogen-bond acceptors (Lipinski definition) is 5. The van der Waals surface area contributed by atoms with Gasteiger partial charge >= 0.3 is 5.97 Å². The Morgan fingerprint density at radius 3 is 2.55 bits per heavy atom. The molecule has 0 atom stereocenters. The highest BCUT2D eigenvalue weighted by molar-refractivity contribution is 9.10. The Morgan fingerprint density at radius 1 is 1.16 bits per heavy atom. The Morgan fingerprint density at radius 2 is 1.87 bits per heavy atom. The van der Waals surface area contributed by atoms with Crippen LogP contribution in [0, 0.1) is 0 Å². The summed E-state index contributed by atoms with van der Waals surface area (Å²) in [6.45, 7) is 0.0557. The van der Waals surface area contributed by atoms with E-state index in [2.05, 4.69) is 15.9 Å². The van der Waals surface area contributed by atoms with Crippen LogP contribution in [0.4, 0.5) is 0 Å². The van der Waals surface area contributed by atoms with Crippen molar-refractivity contribution >= 4 is 62.2 Å². The van der Waals surface area contributed by atoms with Crippen molar-refractivity contribution in [2.45, 2.75) is 6.42 Å². The average Bonchev–Trinajstić information content (AvgIpc) is 3.29. The van der Waals surface area contributed by atoms with E-state index in [-0.39, 0.29) is 18.9 Å². The van der Waals surface area contributed by atoms with E-state index < -0.39 is 5.97 Å². The zero-order valence-corrected chi connectivity index (χ0v) is 19.3. The second kappa shape index (κ2) is 9.17. The lowest BCUT2D eigenvalue weighted by Gasteiger charge is -2.12. The van der Waals surface area contributed by atoms with Crippen molar-refractivity contribution in [1.29, 1.82) is 0 Å². The Balaban J connectivity index is 1.74. The number of nitrogens with zero attached hydrogens (tertiary/aromatic N) is 3. The largest absolute Gasteiger partial charge is 0.481 e. The van der Waals surface area contributed by atoms with Gasteiger partial charge < -0.3 is 5.11 Å². The molecule has 0 spiro atoms. The third-order valence-corrected chi connectivity index (χ3v) is 6.50. The molecule has 0 aliphatic carbocycles. The van der Waals surface area contributed by atoms with Crippen LogP contribution in [0.3, 0.4) is 0 Å². The van der Waals surface area contributed by atoms with E-state index >= 15 is 0 Å². The minimum atomic E-state index is -0.973. The predicted octanol–water partition coefficient (Wildman–Crippen LogP) is 4.98. The Hall–Kier alpha value is -2.75. The van der Waals surface area contributed by atoms with Gasteiger partial charge in [0.25, 0.3) is 5.91 Å². The minimum Gasteiger partial charge on any atom is -0.481 e. The molecule has 6 nitrogen and oxygen atoms in total. The molecule has 31 heavy (non-hydrogen) atoms. The second-order valence-electron chi connectivity index (χ2n) is 6.70. The van der Waals surface area contributed by atoms with Crippen LogP contribution >= 0.6 is 39.9 Å². The molecule has 1 aliphatic rings. The summed E-state index contributed by atoms with van der Waals surface area (Å²) in [6.07, 6.45) is 3.48. The maximum atomic E-state index is 12.8. The predicted molar refractivity (Wildman–Crippen MR) is 129 cm³/mol. The van der Waals surface area contributed by atoms with Gasteiger partial charge in [0.15, 0.2) is 0 Å². The number of para-hydroxylation sites is 1. The summed E-state index contributed by atoms with van der Waals surface area (Å²) in [7, 11) is 0. The molecule has 0 saturated carbocycles. The van der Waals surface area contributed by atoms with Gasteiger partial charge in [-0.1, -0.05) is 70.2 Å². The molecule has 156 valence electrons. The van der Waals surface area contributed by atoms with E-state index in [0.29, 0.717) is 9.23 Å². The highest BCUT2D eigenvalue weighted by Gasteiger charge is 2.32. The maximum absolute atomic E-state index is 12.8. The van der Waals surface area contributed by atoms with Gasteiger partial charge in [0.2, 0.25) is 0 Å². The third kappa shape index (κ3) is 4.79. The van der Waals surface area contributed by atoms with Gasteiger partial charge in [-0.2, -0.15) is 5.10 Å². The third-order valence-electron chi connectivity index (χ3n) is 4.59. The van der Waals surface area contributed by atoms with Crippen molar-refractivity contribution in [2.75, 3.05) is 6.54 Å². The number of benzene rings is 2. The van der Waals surface area contributed by atoms with E-state index in [4.69, 9.17) is 22.4 Å². The molecule has 0 radical (unpaired) electrons. The normalized spacial score (nSPS) is 15.1. The maximum Gasteiger partial charge on any atom is 0.305 e. The van der Waals surface area contributed by atoms with Crippen molar-refractivity contribution < 1.29 is 14.7 Å². The van der Waals surface area contributed by atoms with Crippen molar-refractivity contribution in [3.05, 3.63) is 75.7 Å². The molecule has 0 unspecified atom stereocenters. The minimum absolute atomic E-state index is 0.0557. The number of carbonyl (C=O) groups excluding carboxylic acids is 1. The topological polar surface area (TPSA) is 75.4 Å². The highest BCUT2D eigenvalue weighted by atomic mass is 79.9. The molecule has 4 rings (SSSR count). The fourth-order valence-corrected chi connectivity index (χ4v) is 4.64. The number of thioether (sulfide) groups is 1. The van der Waals surface area contributed by atoms with E-state index in [0.717, 1.165) is 27.0 Å². The number of rotatable bonds is 6. The lowest BCUT2D eigenvalue weighted by atomic mass is 10.1. The van der Waals surface area contributed by atoms with Gasteiger partial charge in [0, 0.05) is 28.3 Å². The van der Waals surface area contributed by atoms with Gasteiger partial charge in [-0.3, -0.25) is 14.5 Å². The summed E-state index contributed by atoms with van der Waals surface area (Å²) in [6, 6.07) is 17.5. The van der Waals surface area contributed by atoms with Crippen molar-refractivity contribution in [3.63, 3.8) is 0 Å². The number of aliphatic carboxylic acids is 1. The van der Waals surface area contributed by atoms with Crippen LogP contribution in [0.5, 0.6) is 0 Å².